The van der Waals surface area contributed by atoms with Crippen molar-refractivity contribution in [2.24, 2.45) is 0 Å². The lowest BCUT2D eigenvalue weighted by Gasteiger charge is -2.27. The van der Waals surface area contributed by atoms with Gasteiger partial charge >= 0.3 is 0 Å². The first kappa shape index (κ1) is 15.7. The maximum absolute atomic E-state index is 10.8. The molecule has 4 aromatic rings. The Morgan fingerprint density at radius 3 is 1.72 bits per heavy atom. The van der Waals surface area contributed by atoms with E-state index in [1.165, 1.54) is 16.5 Å². The van der Waals surface area contributed by atoms with Crippen LogP contribution >= 0.6 is 0 Å². The predicted octanol–water partition coefficient (Wildman–Crippen LogP) is 5.56. The van der Waals surface area contributed by atoms with E-state index in [-0.39, 0.29) is 0 Å². The maximum atomic E-state index is 10.8. The molecule has 25 heavy (non-hydrogen) atoms. The Labute approximate surface area is 148 Å². The highest BCUT2D eigenvalue weighted by atomic mass is 16.3. The van der Waals surface area contributed by atoms with Gasteiger partial charge < -0.3 is 5.11 Å². The number of rotatable bonds is 2. The molecule has 0 aliphatic rings. The zero-order valence-electron chi connectivity index (χ0n) is 14.8. The minimum atomic E-state index is 0.324. The van der Waals surface area contributed by atoms with Crippen molar-refractivity contribution in [3.63, 3.8) is 0 Å². The standard InChI is InChI=1S/C23H21NO/c1-24(2,3)20-14-12-16-8-4-6-10-18(16)22(20)23-19-11-7-5-9-17(19)13-15-21(23)25/h4-15H,1-3H3/p+1. The third-order valence-corrected chi connectivity index (χ3v) is 4.79. The molecular formula is C23H22NO+. The second-order valence-corrected chi connectivity index (χ2v) is 7.37. The molecule has 0 saturated heterocycles. The average Bonchev–Trinajstić information content (AvgIpc) is 2.60. The molecule has 0 aliphatic carbocycles. The van der Waals surface area contributed by atoms with Gasteiger partial charge in [0.2, 0.25) is 0 Å². The summed E-state index contributed by atoms with van der Waals surface area (Å²) >= 11 is 0. The molecule has 4 rings (SSSR count). The first-order valence-corrected chi connectivity index (χ1v) is 8.51. The van der Waals surface area contributed by atoms with Gasteiger partial charge in [-0.15, -0.1) is 0 Å². The molecule has 0 amide bonds. The highest BCUT2D eigenvalue weighted by molar-refractivity contribution is 6.11. The molecule has 2 heteroatoms. The minimum Gasteiger partial charge on any atom is -0.507 e. The van der Waals surface area contributed by atoms with Gasteiger partial charge in [-0.25, -0.2) is 0 Å². The van der Waals surface area contributed by atoms with Gasteiger partial charge in [0.25, 0.3) is 0 Å². The van der Waals surface area contributed by atoms with Gasteiger partial charge in [-0.1, -0.05) is 54.6 Å². The van der Waals surface area contributed by atoms with Crippen molar-refractivity contribution in [1.29, 1.82) is 0 Å². The van der Waals surface area contributed by atoms with Crippen LogP contribution in [0.4, 0.5) is 5.69 Å². The van der Waals surface area contributed by atoms with Crippen molar-refractivity contribution in [3.05, 3.63) is 72.8 Å². The number of phenolic OH excluding ortho intramolecular Hbond substituents is 1. The highest BCUT2D eigenvalue weighted by Crippen LogP contribution is 2.45. The van der Waals surface area contributed by atoms with Crippen LogP contribution < -0.4 is 4.48 Å². The van der Waals surface area contributed by atoms with Crippen LogP contribution in [0.5, 0.6) is 5.75 Å². The number of benzene rings is 4. The summed E-state index contributed by atoms with van der Waals surface area (Å²) in [7, 11) is 6.49. The summed E-state index contributed by atoms with van der Waals surface area (Å²) in [6.45, 7) is 0. The molecule has 0 bridgehead atoms. The summed E-state index contributed by atoms with van der Waals surface area (Å²) in [4.78, 5) is 0. The van der Waals surface area contributed by atoms with E-state index in [1.807, 2.05) is 18.2 Å². The van der Waals surface area contributed by atoms with Gasteiger partial charge in [0.15, 0.2) is 0 Å². The second-order valence-electron chi connectivity index (χ2n) is 7.37. The van der Waals surface area contributed by atoms with E-state index in [9.17, 15) is 5.11 Å². The number of hydrogen-bond acceptors (Lipinski definition) is 1. The molecular weight excluding hydrogens is 306 g/mol. The molecule has 0 spiro atoms. The van der Waals surface area contributed by atoms with Gasteiger partial charge in [0.1, 0.15) is 11.4 Å². The van der Waals surface area contributed by atoms with Crippen LogP contribution in [0.3, 0.4) is 0 Å². The fraction of sp³-hybridized carbons (Fsp3) is 0.130. The Morgan fingerprint density at radius 2 is 1.12 bits per heavy atom. The summed E-state index contributed by atoms with van der Waals surface area (Å²) in [5.74, 6) is 0.324. The van der Waals surface area contributed by atoms with Crippen LogP contribution in [0.2, 0.25) is 0 Å². The molecule has 0 unspecified atom stereocenters. The fourth-order valence-electron chi connectivity index (χ4n) is 3.60. The van der Waals surface area contributed by atoms with E-state index in [1.54, 1.807) is 6.07 Å². The summed E-state index contributed by atoms with van der Waals surface area (Å²) in [5.41, 5.74) is 3.21. The fourth-order valence-corrected chi connectivity index (χ4v) is 3.60. The van der Waals surface area contributed by atoms with Crippen molar-refractivity contribution >= 4 is 27.2 Å². The van der Waals surface area contributed by atoms with Crippen molar-refractivity contribution in [3.8, 4) is 16.9 Å². The number of phenols is 1. The number of nitrogens with zero attached hydrogens (tertiary/aromatic N) is 1. The molecule has 1 N–H and O–H groups in total. The van der Waals surface area contributed by atoms with Gasteiger partial charge in [0, 0.05) is 11.6 Å². The molecule has 0 heterocycles. The number of fused-ring (bicyclic) bond motifs is 2. The maximum Gasteiger partial charge on any atom is 0.140 e. The Balaban J connectivity index is 2.23. The largest absolute Gasteiger partial charge is 0.507 e. The van der Waals surface area contributed by atoms with Crippen LogP contribution in [0.15, 0.2) is 72.8 Å². The predicted molar refractivity (Wildman–Crippen MR) is 108 cm³/mol. The molecule has 124 valence electrons. The summed E-state index contributed by atoms with van der Waals surface area (Å²) in [6.07, 6.45) is 0. The van der Waals surface area contributed by atoms with E-state index in [0.29, 0.717) is 10.2 Å². The Kier molecular flexibility index (Phi) is 3.52. The number of quaternary nitrogens is 1. The van der Waals surface area contributed by atoms with Crippen LogP contribution in [0.25, 0.3) is 32.7 Å². The van der Waals surface area contributed by atoms with Crippen molar-refractivity contribution in [2.75, 3.05) is 21.1 Å². The molecule has 2 nitrogen and oxygen atoms in total. The summed E-state index contributed by atoms with van der Waals surface area (Å²) in [6, 6.07) is 24.8. The second kappa shape index (κ2) is 5.61. The third-order valence-electron chi connectivity index (χ3n) is 4.79. The van der Waals surface area contributed by atoms with Crippen molar-refractivity contribution in [1.82, 2.24) is 4.48 Å². The SMILES string of the molecule is C[N+](C)(C)c1ccc2ccccc2c1-c1c(O)ccc2ccccc12. The smallest absolute Gasteiger partial charge is 0.140 e. The van der Waals surface area contributed by atoms with E-state index < -0.39 is 0 Å². The quantitative estimate of drug-likeness (QED) is 0.477. The lowest BCUT2D eigenvalue weighted by molar-refractivity contribution is 0.476. The zero-order valence-corrected chi connectivity index (χ0v) is 14.8. The number of aromatic hydroxyl groups is 1. The lowest BCUT2D eigenvalue weighted by atomic mass is 9.91. The topological polar surface area (TPSA) is 20.2 Å². The highest BCUT2D eigenvalue weighted by Gasteiger charge is 2.24. The Morgan fingerprint density at radius 1 is 0.600 bits per heavy atom. The van der Waals surface area contributed by atoms with Gasteiger partial charge in [-0.05, 0) is 33.7 Å². The first-order chi connectivity index (χ1) is 12.0. The molecule has 4 aromatic carbocycles. The van der Waals surface area contributed by atoms with Crippen LogP contribution in [0.1, 0.15) is 0 Å². The van der Waals surface area contributed by atoms with Gasteiger partial charge in [-0.2, -0.15) is 0 Å². The Bertz CT molecular complexity index is 1090. The summed E-state index contributed by atoms with van der Waals surface area (Å²) < 4.78 is 0.683. The molecule has 0 fully saturated rings. The monoisotopic (exact) mass is 328 g/mol. The van der Waals surface area contributed by atoms with Gasteiger partial charge in [-0.3, -0.25) is 4.48 Å². The normalized spacial score (nSPS) is 12.0. The zero-order chi connectivity index (χ0) is 17.6. The van der Waals surface area contributed by atoms with Crippen molar-refractivity contribution in [2.45, 2.75) is 0 Å². The summed E-state index contributed by atoms with van der Waals surface area (Å²) in [5, 5.41) is 15.4. The first-order valence-electron chi connectivity index (χ1n) is 8.51. The average molecular weight is 328 g/mol. The van der Waals surface area contributed by atoms with Crippen LogP contribution in [-0.4, -0.2) is 26.2 Å². The molecule has 0 radical (unpaired) electrons. The molecule has 0 aliphatic heterocycles. The van der Waals surface area contributed by atoms with E-state index in [0.717, 1.165) is 21.9 Å². The lowest BCUT2D eigenvalue weighted by Crippen LogP contribution is -2.35. The Hall–Kier alpha value is -2.84. The molecule has 0 saturated carbocycles. The van der Waals surface area contributed by atoms with Crippen LogP contribution in [0, 0.1) is 0 Å². The van der Waals surface area contributed by atoms with E-state index in [2.05, 4.69) is 69.7 Å². The van der Waals surface area contributed by atoms with Crippen LogP contribution in [-0.2, 0) is 0 Å². The third kappa shape index (κ3) is 2.55. The van der Waals surface area contributed by atoms with Gasteiger partial charge in [0.05, 0.1) is 26.7 Å². The molecule has 0 atom stereocenters. The molecule has 0 aromatic heterocycles. The van der Waals surface area contributed by atoms with Crippen molar-refractivity contribution < 1.29 is 5.11 Å². The van der Waals surface area contributed by atoms with E-state index >= 15 is 0 Å². The van der Waals surface area contributed by atoms with E-state index in [4.69, 9.17) is 0 Å². The number of hydrogen-bond donors (Lipinski definition) is 1. The minimum absolute atomic E-state index is 0.324.